The van der Waals surface area contributed by atoms with E-state index in [0.29, 0.717) is 24.3 Å². The second-order valence-electron chi connectivity index (χ2n) is 10.4. The second-order valence-corrected chi connectivity index (χ2v) is 10.4. The molecule has 0 spiro atoms. The normalized spacial score (nSPS) is 14.1. The van der Waals surface area contributed by atoms with Gasteiger partial charge in [0, 0.05) is 30.9 Å². The lowest BCUT2D eigenvalue weighted by Gasteiger charge is -2.27. The summed E-state index contributed by atoms with van der Waals surface area (Å²) in [5.41, 5.74) is 2.20. The summed E-state index contributed by atoms with van der Waals surface area (Å²) in [5.74, 6) is 1.11. The van der Waals surface area contributed by atoms with Crippen molar-refractivity contribution in [1.82, 2.24) is 15.5 Å². The molecule has 1 heterocycles. The molecule has 2 aromatic rings. The van der Waals surface area contributed by atoms with Crippen LogP contribution in [0.4, 0.5) is 4.39 Å². The fourth-order valence-electron chi connectivity index (χ4n) is 3.81. The Balaban J connectivity index is 0.000000400. The zero-order valence-electron chi connectivity index (χ0n) is 24.0. The minimum absolute atomic E-state index is 0.0172. The highest BCUT2D eigenvalue weighted by atomic mass is 19.1. The van der Waals surface area contributed by atoms with Crippen molar-refractivity contribution in [2.24, 2.45) is 11.8 Å². The number of hydrogen-bond donors (Lipinski definition) is 5. The van der Waals surface area contributed by atoms with Crippen LogP contribution in [0.3, 0.4) is 0 Å². The monoisotopic (exact) mass is 519 g/mol. The third kappa shape index (κ3) is 11.7. The first-order valence-electron chi connectivity index (χ1n) is 13.6. The molecule has 1 aliphatic rings. The number of likely N-dealkylation sites (tertiary alicyclic amines) is 1. The number of benzene rings is 2. The van der Waals surface area contributed by atoms with Crippen LogP contribution in [0.1, 0.15) is 75.6 Å². The van der Waals surface area contributed by atoms with E-state index < -0.39 is 0 Å². The Morgan fingerprint density at radius 1 is 0.892 bits per heavy atom. The first-order valence-corrected chi connectivity index (χ1v) is 13.6. The molecule has 0 aliphatic carbocycles. The molecule has 1 saturated heterocycles. The van der Waals surface area contributed by atoms with Crippen LogP contribution in [0, 0.1) is 31.5 Å². The van der Waals surface area contributed by atoms with Crippen molar-refractivity contribution in [1.29, 1.82) is 0 Å². The fraction of sp³-hybridized carbons (Fsp3) is 0.600. The minimum atomic E-state index is -0.302. The molecule has 1 fully saturated rings. The standard InChI is InChI=1S/C17H21FN2O3.C8H17N.C5H12/c1-10-14(17(23)16(22)11(2)15(10)21)8-20-9-19-7-12-3-5-13(18)6-4-12;1-3-8-4-6-9(2)7-5-8;1-4-5(2)3/h3-6,19-23H,7-9H2,1-2H3;8H,3-7H2,1-2H3;5H,4H2,1-3H3. The molecular formula is C30H50FN3O3. The van der Waals surface area contributed by atoms with E-state index in [9.17, 15) is 19.7 Å². The summed E-state index contributed by atoms with van der Waals surface area (Å²) in [6.07, 6.45) is 5.54. The van der Waals surface area contributed by atoms with Crippen molar-refractivity contribution in [2.75, 3.05) is 26.8 Å². The molecule has 3 rings (SSSR count). The number of phenolic OH excluding ortho intramolecular Hbond substituents is 3. The molecule has 0 radical (unpaired) electrons. The number of phenols is 3. The summed E-state index contributed by atoms with van der Waals surface area (Å²) in [7, 11) is 2.21. The van der Waals surface area contributed by atoms with Crippen LogP contribution in [-0.2, 0) is 13.1 Å². The van der Waals surface area contributed by atoms with Gasteiger partial charge in [0.1, 0.15) is 11.6 Å². The highest BCUT2D eigenvalue weighted by Gasteiger charge is 2.18. The van der Waals surface area contributed by atoms with E-state index >= 15 is 0 Å². The molecule has 6 nitrogen and oxygen atoms in total. The van der Waals surface area contributed by atoms with Gasteiger partial charge in [0.25, 0.3) is 0 Å². The summed E-state index contributed by atoms with van der Waals surface area (Å²) >= 11 is 0. The molecule has 0 atom stereocenters. The Morgan fingerprint density at radius 2 is 1.43 bits per heavy atom. The van der Waals surface area contributed by atoms with E-state index in [1.54, 1.807) is 26.0 Å². The van der Waals surface area contributed by atoms with Crippen LogP contribution in [-0.4, -0.2) is 47.0 Å². The van der Waals surface area contributed by atoms with E-state index in [4.69, 9.17) is 0 Å². The summed E-state index contributed by atoms with van der Waals surface area (Å²) in [4.78, 5) is 2.42. The van der Waals surface area contributed by atoms with E-state index in [2.05, 4.69) is 50.3 Å². The maximum absolute atomic E-state index is 12.8. The molecule has 37 heavy (non-hydrogen) atoms. The van der Waals surface area contributed by atoms with Crippen molar-refractivity contribution in [2.45, 2.75) is 80.3 Å². The van der Waals surface area contributed by atoms with E-state index in [-0.39, 0.29) is 35.2 Å². The highest BCUT2D eigenvalue weighted by Crippen LogP contribution is 2.41. The van der Waals surface area contributed by atoms with Gasteiger partial charge in [-0.1, -0.05) is 52.7 Å². The molecule has 0 aromatic heterocycles. The molecule has 0 unspecified atom stereocenters. The van der Waals surface area contributed by atoms with Crippen LogP contribution in [0.5, 0.6) is 17.2 Å². The molecule has 0 bridgehead atoms. The molecule has 1 aliphatic heterocycles. The fourth-order valence-corrected chi connectivity index (χ4v) is 3.81. The number of piperidine rings is 1. The van der Waals surface area contributed by atoms with Gasteiger partial charge in [0.2, 0.25) is 0 Å². The molecule has 7 heteroatoms. The second kappa shape index (κ2) is 17.2. The lowest BCUT2D eigenvalue weighted by atomic mass is 9.95. The lowest BCUT2D eigenvalue weighted by Crippen LogP contribution is -2.29. The van der Waals surface area contributed by atoms with Crippen LogP contribution < -0.4 is 10.6 Å². The van der Waals surface area contributed by atoms with Gasteiger partial charge in [-0.25, -0.2) is 4.39 Å². The summed E-state index contributed by atoms with van der Waals surface area (Å²) in [6.45, 7) is 16.1. The predicted molar refractivity (Wildman–Crippen MR) is 151 cm³/mol. The number of rotatable bonds is 8. The largest absolute Gasteiger partial charge is 0.507 e. The summed E-state index contributed by atoms with van der Waals surface area (Å²) in [5, 5.41) is 35.9. The van der Waals surface area contributed by atoms with Gasteiger partial charge >= 0.3 is 0 Å². The number of hydrogen-bond acceptors (Lipinski definition) is 6. The van der Waals surface area contributed by atoms with E-state index in [1.807, 2.05) is 0 Å². The van der Waals surface area contributed by atoms with Crippen LogP contribution in [0.25, 0.3) is 0 Å². The lowest BCUT2D eigenvalue weighted by molar-refractivity contribution is 0.216. The Bertz CT molecular complexity index is 882. The predicted octanol–water partition coefficient (Wildman–Crippen LogP) is 6.19. The van der Waals surface area contributed by atoms with Crippen LogP contribution in [0.2, 0.25) is 0 Å². The van der Waals surface area contributed by atoms with Crippen LogP contribution >= 0.6 is 0 Å². The van der Waals surface area contributed by atoms with Crippen molar-refractivity contribution < 1.29 is 19.7 Å². The number of aromatic hydroxyl groups is 3. The van der Waals surface area contributed by atoms with Gasteiger partial charge in [-0.2, -0.15) is 0 Å². The zero-order valence-corrected chi connectivity index (χ0v) is 24.0. The number of nitrogens with one attached hydrogen (secondary N) is 2. The molecule has 5 N–H and O–H groups in total. The van der Waals surface area contributed by atoms with Crippen molar-refractivity contribution >= 4 is 0 Å². The molecule has 210 valence electrons. The topological polar surface area (TPSA) is 88.0 Å². The first kappa shape index (κ1) is 32.7. The van der Waals surface area contributed by atoms with Gasteiger partial charge in [-0.15, -0.1) is 0 Å². The Morgan fingerprint density at radius 3 is 1.95 bits per heavy atom. The van der Waals surface area contributed by atoms with E-state index in [1.165, 1.54) is 50.9 Å². The van der Waals surface area contributed by atoms with E-state index in [0.717, 1.165) is 17.4 Å². The molecule has 0 amide bonds. The van der Waals surface area contributed by atoms with Gasteiger partial charge in [0.05, 0.1) is 0 Å². The Labute approximate surface area is 223 Å². The summed E-state index contributed by atoms with van der Waals surface area (Å²) in [6, 6.07) is 6.22. The van der Waals surface area contributed by atoms with Gasteiger partial charge in [-0.05, 0) is 81.9 Å². The zero-order chi connectivity index (χ0) is 28.0. The third-order valence-electron chi connectivity index (χ3n) is 7.05. The van der Waals surface area contributed by atoms with Crippen molar-refractivity contribution in [3.8, 4) is 17.2 Å². The molecular weight excluding hydrogens is 469 g/mol. The minimum Gasteiger partial charge on any atom is -0.507 e. The highest BCUT2D eigenvalue weighted by molar-refractivity contribution is 5.60. The Kier molecular flexibility index (Phi) is 15.2. The maximum Gasteiger partial charge on any atom is 0.164 e. The first-order chi connectivity index (χ1) is 17.5. The summed E-state index contributed by atoms with van der Waals surface area (Å²) < 4.78 is 12.8. The van der Waals surface area contributed by atoms with Crippen LogP contribution in [0.15, 0.2) is 24.3 Å². The van der Waals surface area contributed by atoms with Crippen molar-refractivity contribution in [3.05, 3.63) is 52.3 Å². The Hall–Kier alpha value is -2.35. The van der Waals surface area contributed by atoms with Crippen molar-refractivity contribution in [3.63, 3.8) is 0 Å². The van der Waals surface area contributed by atoms with Gasteiger partial charge in [0.15, 0.2) is 11.5 Å². The number of halogens is 1. The van der Waals surface area contributed by atoms with Gasteiger partial charge in [-0.3, -0.25) is 0 Å². The number of nitrogens with zero attached hydrogens (tertiary/aromatic N) is 1. The maximum atomic E-state index is 12.8. The quantitative estimate of drug-likeness (QED) is 0.124. The average Bonchev–Trinajstić information content (AvgIpc) is 2.90. The molecule has 0 saturated carbocycles. The molecule has 2 aromatic carbocycles. The average molecular weight is 520 g/mol. The third-order valence-corrected chi connectivity index (χ3v) is 7.05. The SMILES string of the molecule is CCC(C)C.CCC1CCN(C)CC1.Cc1c(O)c(C)c(CNCNCc2ccc(F)cc2)c(O)c1O. The van der Waals surface area contributed by atoms with Gasteiger partial charge < -0.3 is 30.9 Å². The smallest absolute Gasteiger partial charge is 0.164 e.